The highest BCUT2D eigenvalue weighted by Gasteiger charge is 2.09. The van der Waals surface area contributed by atoms with Crippen molar-refractivity contribution >= 4 is 11.6 Å². The second-order valence-electron chi connectivity index (χ2n) is 2.97. The van der Waals surface area contributed by atoms with Crippen LogP contribution in [0.1, 0.15) is 12.5 Å². The Morgan fingerprint density at radius 1 is 1.54 bits per heavy atom. The summed E-state index contributed by atoms with van der Waals surface area (Å²) in [5, 5.41) is 9.88. The summed E-state index contributed by atoms with van der Waals surface area (Å²) in [7, 11) is 1.59. The fraction of sp³-hybridized carbons (Fsp3) is 0.400. The Morgan fingerprint density at radius 2 is 2.23 bits per heavy atom. The SMILES string of the molecule is COc1cccc(Cl)c1C[C@H](C)O. The predicted octanol–water partition coefficient (Wildman–Crippen LogP) is 2.27. The Kier molecular flexibility index (Phi) is 3.58. The molecule has 1 rings (SSSR count). The average molecular weight is 201 g/mol. The van der Waals surface area contributed by atoms with Gasteiger partial charge in [-0.3, -0.25) is 0 Å². The number of benzene rings is 1. The van der Waals surface area contributed by atoms with E-state index < -0.39 is 6.10 Å². The standard InChI is InChI=1S/C10H13ClO2/c1-7(12)6-8-9(11)4-3-5-10(8)13-2/h3-5,7,12H,6H2,1-2H3/t7-/m0/s1. The zero-order valence-electron chi connectivity index (χ0n) is 7.75. The molecule has 3 heteroatoms. The summed E-state index contributed by atoms with van der Waals surface area (Å²) >= 11 is 5.96. The molecule has 1 aromatic carbocycles. The Balaban J connectivity index is 3.00. The molecule has 0 heterocycles. The molecule has 0 bridgehead atoms. The lowest BCUT2D eigenvalue weighted by Crippen LogP contribution is -2.06. The van der Waals surface area contributed by atoms with Crippen LogP contribution in [0.25, 0.3) is 0 Å². The fourth-order valence-corrected chi connectivity index (χ4v) is 1.47. The molecule has 0 spiro atoms. The quantitative estimate of drug-likeness (QED) is 0.811. The van der Waals surface area contributed by atoms with Crippen LogP contribution in [0.15, 0.2) is 18.2 Å². The van der Waals surface area contributed by atoms with E-state index in [9.17, 15) is 5.11 Å². The van der Waals surface area contributed by atoms with Gasteiger partial charge >= 0.3 is 0 Å². The van der Waals surface area contributed by atoms with Gasteiger partial charge in [0.1, 0.15) is 5.75 Å². The molecule has 0 fully saturated rings. The van der Waals surface area contributed by atoms with Gasteiger partial charge in [-0.25, -0.2) is 0 Å². The van der Waals surface area contributed by atoms with Crippen molar-refractivity contribution in [1.29, 1.82) is 0 Å². The maximum atomic E-state index is 9.24. The lowest BCUT2D eigenvalue weighted by Gasteiger charge is -2.11. The molecule has 0 aromatic heterocycles. The first-order valence-electron chi connectivity index (χ1n) is 4.14. The van der Waals surface area contributed by atoms with E-state index in [1.165, 1.54) is 0 Å². The largest absolute Gasteiger partial charge is 0.496 e. The van der Waals surface area contributed by atoms with E-state index in [-0.39, 0.29) is 0 Å². The number of halogens is 1. The molecule has 1 atom stereocenters. The van der Waals surface area contributed by atoms with Gasteiger partial charge in [0.25, 0.3) is 0 Å². The Hall–Kier alpha value is -0.730. The second-order valence-corrected chi connectivity index (χ2v) is 3.38. The molecule has 0 unspecified atom stereocenters. The molecule has 72 valence electrons. The van der Waals surface area contributed by atoms with Gasteiger partial charge in [0.2, 0.25) is 0 Å². The Labute approximate surface area is 83.1 Å². The first kappa shape index (κ1) is 10.4. The molecule has 0 aliphatic rings. The first-order chi connectivity index (χ1) is 6.15. The number of hydrogen-bond acceptors (Lipinski definition) is 2. The Morgan fingerprint density at radius 3 is 2.77 bits per heavy atom. The van der Waals surface area contributed by atoms with Gasteiger partial charge in [0.05, 0.1) is 13.2 Å². The molecule has 1 N–H and O–H groups in total. The number of aliphatic hydroxyl groups is 1. The molecular formula is C10H13ClO2. The van der Waals surface area contributed by atoms with Crippen LogP contribution < -0.4 is 4.74 Å². The molecular weight excluding hydrogens is 188 g/mol. The van der Waals surface area contributed by atoms with Gasteiger partial charge in [-0.1, -0.05) is 17.7 Å². The molecule has 0 aliphatic heterocycles. The minimum atomic E-state index is -0.409. The molecule has 0 radical (unpaired) electrons. The predicted molar refractivity (Wildman–Crippen MR) is 53.4 cm³/mol. The van der Waals surface area contributed by atoms with Gasteiger partial charge in [-0.05, 0) is 19.1 Å². The molecule has 0 saturated carbocycles. The Bertz CT molecular complexity index is 284. The van der Waals surface area contributed by atoms with Gasteiger partial charge in [-0.15, -0.1) is 0 Å². The van der Waals surface area contributed by atoms with Crippen LogP contribution in [0, 0.1) is 0 Å². The summed E-state index contributed by atoms with van der Waals surface area (Å²) in [4.78, 5) is 0. The van der Waals surface area contributed by atoms with Crippen LogP contribution >= 0.6 is 11.6 Å². The van der Waals surface area contributed by atoms with Crippen molar-refractivity contribution in [1.82, 2.24) is 0 Å². The molecule has 0 saturated heterocycles. The topological polar surface area (TPSA) is 29.5 Å². The number of hydrogen-bond donors (Lipinski definition) is 1. The average Bonchev–Trinajstić information content (AvgIpc) is 2.08. The van der Waals surface area contributed by atoms with E-state index in [0.29, 0.717) is 11.4 Å². The van der Waals surface area contributed by atoms with Crippen molar-refractivity contribution in [2.75, 3.05) is 7.11 Å². The highest BCUT2D eigenvalue weighted by atomic mass is 35.5. The van der Waals surface area contributed by atoms with Crippen LogP contribution in [-0.2, 0) is 6.42 Å². The molecule has 1 aromatic rings. The maximum absolute atomic E-state index is 9.24. The summed E-state index contributed by atoms with van der Waals surface area (Å²) in [6.07, 6.45) is 0.108. The highest BCUT2D eigenvalue weighted by molar-refractivity contribution is 6.31. The summed E-state index contributed by atoms with van der Waals surface area (Å²) in [6, 6.07) is 5.46. The van der Waals surface area contributed by atoms with Crippen molar-refractivity contribution in [2.24, 2.45) is 0 Å². The smallest absolute Gasteiger partial charge is 0.123 e. The van der Waals surface area contributed by atoms with Crippen molar-refractivity contribution in [3.05, 3.63) is 28.8 Å². The summed E-state index contributed by atoms with van der Waals surface area (Å²) in [5.74, 6) is 0.730. The van der Waals surface area contributed by atoms with Crippen LogP contribution in [0.4, 0.5) is 0 Å². The summed E-state index contributed by atoms with van der Waals surface area (Å²) < 4.78 is 5.13. The minimum Gasteiger partial charge on any atom is -0.496 e. The normalized spacial score (nSPS) is 12.6. The third kappa shape index (κ3) is 2.61. The highest BCUT2D eigenvalue weighted by Crippen LogP contribution is 2.27. The molecule has 0 amide bonds. The zero-order valence-corrected chi connectivity index (χ0v) is 8.51. The van der Waals surface area contributed by atoms with Crippen LogP contribution in [0.3, 0.4) is 0 Å². The third-order valence-corrected chi connectivity index (χ3v) is 2.15. The van der Waals surface area contributed by atoms with E-state index in [1.54, 1.807) is 20.1 Å². The monoisotopic (exact) mass is 200 g/mol. The van der Waals surface area contributed by atoms with Crippen molar-refractivity contribution in [3.63, 3.8) is 0 Å². The lowest BCUT2D eigenvalue weighted by molar-refractivity contribution is 0.194. The van der Waals surface area contributed by atoms with Crippen LogP contribution in [0.2, 0.25) is 5.02 Å². The first-order valence-corrected chi connectivity index (χ1v) is 4.52. The minimum absolute atomic E-state index is 0.409. The van der Waals surface area contributed by atoms with Crippen LogP contribution in [-0.4, -0.2) is 18.3 Å². The second kappa shape index (κ2) is 4.49. The molecule has 0 aliphatic carbocycles. The van der Waals surface area contributed by atoms with E-state index in [2.05, 4.69) is 0 Å². The number of ether oxygens (including phenoxy) is 1. The number of methoxy groups -OCH3 is 1. The summed E-state index contributed by atoms with van der Waals surface area (Å²) in [5.41, 5.74) is 0.863. The number of rotatable bonds is 3. The fourth-order valence-electron chi connectivity index (χ4n) is 1.22. The van der Waals surface area contributed by atoms with Crippen molar-refractivity contribution in [3.8, 4) is 5.75 Å². The van der Waals surface area contributed by atoms with Gasteiger partial charge in [-0.2, -0.15) is 0 Å². The van der Waals surface area contributed by atoms with E-state index in [4.69, 9.17) is 16.3 Å². The van der Waals surface area contributed by atoms with Crippen LogP contribution in [0.5, 0.6) is 5.75 Å². The molecule has 2 nitrogen and oxygen atoms in total. The molecule has 13 heavy (non-hydrogen) atoms. The van der Waals surface area contributed by atoms with Gasteiger partial charge in [0.15, 0.2) is 0 Å². The lowest BCUT2D eigenvalue weighted by atomic mass is 10.1. The third-order valence-electron chi connectivity index (χ3n) is 1.80. The zero-order chi connectivity index (χ0) is 9.84. The van der Waals surface area contributed by atoms with E-state index in [0.717, 1.165) is 11.3 Å². The van der Waals surface area contributed by atoms with E-state index >= 15 is 0 Å². The van der Waals surface area contributed by atoms with Crippen molar-refractivity contribution < 1.29 is 9.84 Å². The van der Waals surface area contributed by atoms with Crippen molar-refractivity contribution in [2.45, 2.75) is 19.4 Å². The van der Waals surface area contributed by atoms with E-state index in [1.807, 2.05) is 12.1 Å². The maximum Gasteiger partial charge on any atom is 0.123 e. The van der Waals surface area contributed by atoms with Gasteiger partial charge < -0.3 is 9.84 Å². The number of aliphatic hydroxyl groups excluding tert-OH is 1. The summed E-state index contributed by atoms with van der Waals surface area (Å²) in [6.45, 7) is 1.72. The van der Waals surface area contributed by atoms with Gasteiger partial charge in [0, 0.05) is 17.0 Å².